The van der Waals surface area contributed by atoms with Crippen LogP contribution in [-0.4, -0.2) is 15.0 Å². The standard InChI is InChI=1S/C15H16FN3S/c1-5-14(19-15-10(3)17-11(4)18-15)20-13-7-6-9(2)8-12(13)16/h5-8H,1H2,2-4H3,(H,17,18). The molecule has 0 unspecified atom stereocenters. The predicted octanol–water partition coefficient (Wildman–Crippen LogP) is 4.48. The van der Waals surface area contributed by atoms with Crippen LogP contribution in [0, 0.1) is 26.6 Å². The first-order valence-electron chi connectivity index (χ1n) is 6.18. The van der Waals surface area contributed by atoms with Crippen LogP contribution in [-0.2, 0) is 0 Å². The molecular formula is C15H16FN3S. The molecule has 0 saturated heterocycles. The van der Waals surface area contributed by atoms with Crippen molar-refractivity contribution >= 4 is 22.6 Å². The molecule has 0 radical (unpaired) electrons. The highest BCUT2D eigenvalue weighted by Gasteiger charge is 2.08. The number of rotatable bonds is 3. The van der Waals surface area contributed by atoms with Gasteiger partial charge in [-0.15, -0.1) is 0 Å². The molecule has 0 bridgehead atoms. The zero-order valence-corrected chi connectivity index (χ0v) is 12.5. The maximum atomic E-state index is 13.8. The Balaban J connectivity index is 2.29. The number of nitrogens with one attached hydrogen (secondary N) is 1. The molecule has 0 saturated carbocycles. The van der Waals surface area contributed by atoms with E-state index in [2.05, 4.69) is 21.5 Å². The van der Waals surface area contributed by atoms with Crippen LogP contribution in [0.1, 0.15) is 17.1 Å². The van der Waals surface area contributed by atoms with E-state index in [4.69, 9.17) is 0 Å². The van der Waals surface area contributed by atoms with E-state index in [-0.39, 0.29) is 5.82 Å². The lowest BCUT2D eigenvalue weighted by Crippen LogP contribution is -1.90. The average Bonchev–Trinajstić information content (AvgIpc) is 2.70. The lowest BCUT2D eigenvalue weighted by molar-refractivity contribution is 0.601. The molecule has 0 aliphatic heterocycles. The maximum absolute atomic E-state index is 13.8. The molecule has 0 atom stereocenters. The molecule has 5 heteroatoms. The number of aliphatic imine (C=N–C) groups is 1. The number of halogens is 1. The molecule has 1 heterocycles. The van der Waals surface area contributed by atoms with Crippen LogP contribution >= 0.6 is 11.8 Å². The fourth-order valence-corrected chi connectivity index (χ4v) is 2.46. The average molecular weight is 289 g/mol. The number of benzene rings is 1. The summed E-state index contributed by atoms with van der Waals surface area (Å²) in [6.07, 6.45) is 1.60. The maximum Gasteiger partial charge on any atom is 0.174 e. The van der Waals surface area contributed by atoms with Crippen LogP contribution in [0.3, 0.4) is 0 Å². The number of nitrogens with zero attached hydrogens (tertiary/aromatic N) is 2. The Labute approximate surface area is 122 Å². The Morgan fingerprint density at radius 2 is 2.15 bits per heavy atom. The van der Waals surface area contributed by atoms with Crippen molar-refractivity contribution in [1.29, 1.82) is 0 Å². The van der Waals surface area contributed by atoms with E-state index >= 15 is 0 Å². The molecule has 2 rings (SSSR count). The molecule has 20 heavy (non-hydrogen) atoms. The number of aryl methyl sites for hydroxylation is 3. The predicted molar refractivity (Wildman–Crippen MR) is 82.3 cm³/mol. The number of imidazole rings is 1. The molecular weight excluding hydrogens is 273 g/mol. The van der Waals surface area contributed by atoms with Gasteiger partial charge in [-0.2, -0.15) is 0 Å². The van der Waals surface area contributed by atoms with Crippen molar-refractivity contribution in [3.05, 3.63) is 53.8 Å². The lowest BCUT2D eigenvalue weighted by atomic mass is 10.2. The van der Waals surface area contributed by atoms with Crippen LogP contribution in [0.5, 0.6) is 0 Å². The first-order valence-corrected chi connectivity index (χ1v) is 6.99. The second kappa shape index (κ2) is 6.05. The zero-order valence-electron chi connectivity index (χ0n) is 11.7. The third kappa shape index (κ3) is 3.36. The van der Waals surface area contributed by atoms with E-state index in [9.17, 15) is 4.39 Å². The summed E-state index contributed by atoms with van der Waals surface area (Å²) in [5.41, 5.74) is 1.77. The van der Waals surface area contributed by atoms with Gasteiger partial charge in [-0.05, 0) is 44.5 Å². The van der Waals surface area contributed by atoms with Crippen molar-refractivity contribution in [2.75, 3.05) is 0 Å². The second-order valence-corrected chi connectivity index (χ2v) is 5.52. The van der Waals surface area contributed by atoms with Gasteiger partial charge in [0.1, 0.15) is 16.7 Å². The highest BCUT2D eigenvalue weighted by atomic mass is 32.2. The van der Waals surface area contributed by atoms with Gasteiger partial charge in [-0.1, -0.05) is 24.4 Å². The van der Waals surface area contributed by atoms with E-state index < -0.39 is 0 Å². The van der Waals surface area contributed by atoms with E-state index in [0.717, 1.165) is 17.1 Å². The number of hydrogen-bond donors (Lipinski definition) is 1. The molecule has 0 aliphatic rings. The highest BCUT2D eigenvalue weighted by Crippen LogP contribution is 2.26. The Hall–Kier alpha value is -1.88. The van der Waals surface area contributed by atoms with Gasteiger partial charge in [0.15, 0.2) is 5.82 Å². The summed E-state index contributed by atoms with van der Waals surface area (Å²) in [4.78, 5) is 12.3. The summed E-state index contributed by atoms with van der Waals surface area (Å²) in [5.74, 6) is 1.16. The number of hydrogen-bond acceptors (Lipinski definition) is 3. The Kier molecular flexibility index (Phi) is 4.39. The minimum Gasteiger partial charge on any atom is -0.344 e. The van der Waals surface area contributed by atoms with Crippen LogP contribution in [0.2, 0.25) is 0 Å². The first kappa shape index (κ1) is 14.5. The van der Waals surface area contributed by atoms with Crippen molar-refractivity contribution < 1.29 is 4.39 Å². The van der Waals surface area contributed by atoms with E-state index in [0.29, 0.717) is 15.8 Å². The molecule has 0 aliphatic carbocycles. The van der Waals surface area contributed by atoms with Gasteiger partial charge in [0.25, 0.3) is 0 Å². The first-order chi connectivity index (χ1) is 9.49. The SMILES string of the molecule is C=CC(=Nc1nc(C)[nH]c1C)Sc1ccc(C)cc1F. The van der Waals surface area contributed by atoms with E-state index in [1.54, 1.807) is 12.1 Å². The summed E-state index contributed by atoms with van der Waals surface area (Å²) in [7, 11) is 0. The topological polar surface area (TPSA) is 41.0 Å². The zero-order chi connectivity index (χ0) is 14.7. The fourth-order valence-electron chi connectivity index (χ4n) is 1.72. The van der Waals surface area contributed by atoms with Crippen molar-refractivity contribution in [1.82, 2.24) is 9.97 Å². The summed E-state index contributed by atoms with van der Waals surface area (Å²) < 4.78 is 13.8. The Morgan fingerprint density at radius 3 is 2.70 bits per heavy atom. The van der Waals surface area contributed by atoms with Gasteiger partial charge < -0.3 is 4.98 Å². The van der Waals surface area contributed by atoms with Crippen molar-refractivity contribution in [2.45, 2.75) is 25.7 Å². The van der Waals surface area contributed by atoms with Crippen molar-refractivity contribution in [2.24, 2.45) is 4.99 Å². The third-order valence-corrected chi connectivity index (χ3v) is 3.69. The smallest absolute Gasteiger partial charge is 0.174 e. The minimum atomic E-state index is -0.250. The minimum absolute atomic E-state index is 0.250. The van der Waals surface area contributed by atoms with Gasteiger partial charge in [-0.3, -0.25) is 0 Å². The number of aromatic amines is 1. The fraction of sp³-hybridized carbons (Fsp3) is 0.200. The highest BCUT2D eigenvalue weighted by molar-refractivity contribution is 8.14. The molecule has 2 aromatic rings. The van der Waals surface area contributed by atoms with Crippen LogP contribution < -0.4 is 0 Å². The summed E-state index contributed by atoms with van der Waals surface area (Å²) in [5, 5.41) is 0.613. The summed E-state index contributed by atoms with van der Waals surface area (Å²) in [6.45, 7) is 9.35. The Bertz CT molecular complexity index is 674. The molecule has 1 aromatic carbocycles. The molecule has 0 fully saturated rings. The van der Waals surface area contributed by atoms with Gasteiger partial charge in [0.2, 0.25) is 0 Å². The molecule has 3 nitrogen and oxygen atoms in total. The molecule has 104 valence electrons. The second-order valence-electron chi connectivity index (χ2n) is 4.46. The quantitative estimate of drug-likeness (QED) is 0.514. The largest absolute Gasteiger partial charge is 0.344 e. The van der Waals surface area contributed by atoms with Gasteiger partial charge >= 0.3 is 0 Å². The Morgan fingerprint density at radius 1 is 1.40 bits per heavy atom. The van der Waals surface area contributed by atoms with Crippen LogP contribution in [0.15, 0.2) is 40.7 Å². The van der Waals surface area contributed by atoms with E-state index in [1.165, 1.54) is 17.8 Å². The van der Waals surface area contributed by atoms with Gasteiger partial charge in [-0.25, -0.2) is 14.4 Å². The molecule has 1 aromatic heterocycles. The van der Waals surface area contributed by atoms with E-state index in [1.807, 2.05) is 26.8 Å². The molecule has 0 amide bonds. The lowest BCUT2D eigenvalue weighted by Gasteiger charge is -2.04. The monoisotopic (exact) mass is 289 g/mol. The number of H-pyrrole nitrogens is 1. The molecule has 1 N–H and O–H groups in total. The van der Waals surface area contributed by atoms with Crippen molar-refractivity contribution in [3.63, 3.8) is 0 Å². The normalized spacial score (nSPS) is 11.7. The van der Waals surface area contributed by atoms with Crippen LogP contribution in [0.25, 0.3) is 0 Å². The van der Waals surface area contributed by atoms with Crippen molar-refractivity contribution in [3.8, 4) is 0 Å². The number of thioether (sulfide) groups is 1. The third-order valence-electron chi connectivity index (χ3n) is 2.67. The number of aromatic nitrogens is 2. The summed E-state index contributed by atoms with van der Waals surface area (Å²) in [6, 6.07) is 5.13. The van der Waals surface area contributed by atoms with Crippen LogP contribution in [0.4, 0.5) is 10.2 Å². The van der Waals surface area contributed by atoms with Gasteiger partial charge in [0.05, 0.1) is 5.69 Å². The van der Waals surface area contributed by atoms with Gasteiger partial charge in [0, 0.05) is 4.90 Å². The summed E-state index contributed by atoms with van der Waals surface area (Å²) >= 11 is 1.24. The molecule has 0 spiro atoms.